The van der Waals surface area contributed by atoms with E-state index >= 15 is 0 Å². The first kappa shape index (κ1) is 12.8. The third kappa shape index (κ3) is 3.96. The van der Waals surface area contributed by atoms with Crippen LogP contribution in [0.3, 0.4) is 0 Å². The van der Waals surface area contributed by atoms with Crippen molar-refractivity contribution in [3.63, 3.8) is 0 Å². The fourth-order valence-corrected chi connectivity index (χ4v) is 2.50. The van der Waals surface area contributed by atoms with Gasteiger partial charge in [0.05, 0.1) is 6.10 Å². The molecule has 2 aliphatic rings. The fraction of sp³-hybridized carbons (Fsp3) is 0.923. The fourth-order valence-electron chi connectivity index (χ4n) is 2.50. The summed E-state index contributed by atoms with van der Waals surface area (Å²) in [6.07, 6.45) is 8.50. The average molecular weight is 240 g/mol. The van der Waals surface area contributed by atoms with Crippen molar-refractivity contribution in [2.24, 2.45) is 5.73 Å². The Morgan fingerprint density at radius 1 is 1.35 bits per heavy atom. The third-order valence-electron chi connectivity index (χ3n) is 3.95. The molecule has 98 valence electrons. The molecule has 1 saturated heterocycles. The lowest BCUT2D eigenvalue weighted by Gasteiger charge is -2.38. The van der Waals surface area contributed by atoms with Gasteiger partial charge in [0.25, 0.3) is 0 Å². The molecule has 3 N–H and O–H groups in total. The molecule has 1 heterocycles. The second kappa shape index (κ2) is 5.83. The van der Waals surface area contributed by atoms with E-state index in [0.717, 1.165) is 32.3 Å². The smallest absolute Gasteiger partial charge is 0.220 e. The maximum atomic E-state index is 11.7. The van der Waals surface area contributed by atoms with E-state index in [2.05, 4.69) is 5.32 Å². The number of hydrogen-bond donors (Lipinski definition) is 2. The van der Waals surface area contributed by atoms with Crippen LogP contribution < -0.4 is 11.1 Å². The van der Waals surface area contributed by atoms with Crippen LogP contribution in [0.2, 0.25) is 0 Å². The molecule has 0 aromatic carbocycles. The zero-order valence-electron chi connectivity index (χ0n) is 10.5. The van der Waals surface area contributed by atoms with Gasteiger partial charge in [-0.25, -0.2) is 0 Å². The standard InChI is InChI=1S/C13H24N2O2/c14-13(7-3-8-13)10-15-12(16)6-5-11-4-1-2-9-17-11/h11H,1-10,14H2,(H,15,16). The van der Waals surface area contributed by atoms with Crippen molar-refractivity contribution in [3.8, 4) is 0 Å². The minimum absolute atomic E-state index is 0.114. The second-order valence-corrected chi connectivity index (χ2v) is 5.52. The quantitative estimate of drug-likeness (QED) is 0.762. The van der Waals surface area contributed by atoms with Crippen LogP contribution in [-0.4, -0.2) is 30.7 Å². The van der Waals surface area contributed by atoms with Crippen molar-refractivity contribution in [1.29, 1.82) is 0 Å². The Labute approximate surface area is 103 Å². The van der Waals surface area contributed by atoms with Crippen LogP contribution in [0.15, 0.2) is 0 Å². The number of nitrogens with one attached hydrogen (secondary N) is 1. The first-order valence-corrected chi connectivity index (χ1v) is 6.85. The van der Waals surface area contributed by atoms with Gasteiger partial charge < -0.3 is 15.8 Å². The van der Waals surface area contributed by atoms with Gasteiger partial charge in [-0.3, -0.25) is 4.79 Å². The highest BCUT2D eigenvalue weighted by molar-refractivity contribution is 5.76. The molecule has 0 bridgehead atoms. The van der Waals surface area contributed by atoms with E-state index in [1.54, 1.807) is 0 Å². The minimum atomic E-state index is -0.114. The van der Waals surface area contributed by atoms with Gasteiger partial charge in [0.15, 0.2) is 0 Å². The molecule has 4 nitrogen and oxygen atoms in total. The van der Waals surface area contributed by atoms with E-state index < -0.39 is 0 Å². The molecule has 17 heavy (non-hydrogen) atoms. The lowest BCUT2D eigenvalue weighted by atomic mass is 9.78. The second-order valence-electron chi connectivity index (χ2n) is 5.52. The predicted octanol–water partition coefficient (Wildman–Crippen LogP) is 1.33. The highest BCUT2D eigenvalue weighted by Gasteiger charge is 2.32. The zero-order chi connectivity index (χ0) is 12.1. The Morgan fingerprint density at radius 3 is 2.76 bits per heavy atom. The maximum absolute atomic E-state index is 11.7. The normalized spacial score (nSPS) is 27.2. The molecular weight excluding hydrogens is 216 g/mol. The zero-order valence-corrected chi connectivity index (χ0v) is 10.5. The van der Waals surface area contributed by atoms with E-state index in [9.17, 15) is 4.79 Å². The van der Waals surface area contributed by atoms with Gasteiger partial charge in [0.2, 0.25) is 5.91 Å². The number of amides is 1. The number of carbonyl (C=O) groups is 1. The van der Waals surface area contributed by atoms with Crippen LogP contribution in [0, 0.1) is 0 Å². The number of rotatable bonds is 5. The molecule has 0 spiro atoms. The SMILES string of the molecule is NC1(CNC(=O)CCC2CCCCO2)CCC1. The van der Waals surface area contributed by atoms with Gasteiger partial charge >= 0.3 is 0 Å². The number of hydrogen-bond acceptors (Lipinski definition) is 3. The molecule has 1 saturated carbocycles. The van der Waals surface area contributed by atoms with Crippen LogP contribution in [0.5, 0.6) is 0 Å². The van der Waals surface area contributed by atoms with E-state index in [-0.39, 0.29) is 11.4 Å². The molecule has 1 amide bonds. The molecule has 2 fully saturated rings. The topological polar surface area (TPSA) is 64.3 Å². The summed E-state index contributed by atoms with van der Waals surface area (Å²) in [4.78, 5) is 11.7. The van der Waals surface area contributed by atoms with Crippen molar-refractivity contribution in [2.75, 3.05) is 13.2 Å². The summed E-state index contributed by atoms with van der Waals surface area (Å²) in [7, 11) is 0. The third-order valence-corrected chi connectivity index (χ3v) is 3.95. The van der Waals surface area contributed by atoms with Crippen LogP contribution in [-0.2, 0) is 9.53 Å². The number of nitrogens with two attached hydrogens (primary N) is 1. The van der Waals surface area contributed by atoms with E-state index in [0.29, 0.717) is 19.1 Å². The molecule has 1 unspecified atom stereocenters. The Hall–Kier alpha value is -0.610. The summed E-state index contributed by atoms with van der Waals surface area (Å²) < 4.78 is 5.60. The predicted molar refractivity (Wildman–Crippen MR) is 66.6 cm³/mol. The molecule has 1 aliphatic carbocycles. The number of carbonyl (C=O) groups excluding carboxylic acids is 1. The summed E-state index contributed by atoms with van der Waals surface area (Å²) in [5.41, 5.74) is 5.94. The number of ether oxygens (including phenoxy) is 1. The van der Waals surface area contributed by atoms with Crippen molar-refractivity contribution in [1.82, 2.24) is 5.32 Å². The molecule has 0 aromatic heterocycles. The summed E-state index contributed by atoms with van der Waals surface area (Å²) in [5, 5.41) is 2.95. The lowest BCUT2D eigenvalue weighted by Crippen LogP contribution is -2.54. The van der Waals surface area contributed by atoms with Crippen molar-refractivity contribution in [3.05, 3.63) is 0 Å². The van der Waals surface area contributed by atoms with Gasteiger partial charge in [-0.1, -0.05) is 0 Å². The summed E-state index contributed by atoms with van der Waals surface area (Å²) in [6.45, 7) is 1.50. The summed E-state index contributed by atoms with van der Waals surface area (Å²) in [5.74, 6) is 0.121. The highest BCUT2D eigenvalue weighted by Crippen LogP contribution is 2.28. The highest BCUT2D eigenvalue weighted by atomic mass is 16.5. The molecule has 0 aromatic rings. The largest absolute Gasteiger partial charge is 0.378 e. The molecule has 0 radical (unpaired) electrons. The van der Waals surface area contributed by atoms with E-state index in [4.69, 9.17) is 10.5 Å². The minimum Gasteiger partial charge on any atom is -0.378 e. The van der Waals surface area contributed by atoms with Gasteiger partial charge in [-0.15, -0.1) is 0 Å². The van der Waals surface area contributed by atoms with Crippen LogP contribution in [0.25, 0.3) is 0 Å². The summed E-state index contributed by atoms with van der Waals surface area (Å²) >= 11 is 0. The van der Waals surface area contributed by atoms with E-state index in [1.807, 2.05) is 0 Å². The molecule has 1 atom stereocenters. The Balaban J connectivity index is 1.57. The van der Waals surface area contributed by atoms with Crippen molar-refractivity contribution >= 4 is 5.91 Å². The lowest BCUT2D eigenvalue weighted by molar-refractivity contribution is -0.122. The van der Waals surface area contributed by atoms with Crippen LogP contribution >= 0.6 is 0 Å². The molecular formula is C13H24N2O2. The Morgan fingerprint density at radius 2 is 2.18 bits per heavy atom. The van der Waals surface area contributed by atoms with Gasteiger partial charge in [0.1, 0.15) is 0 Å². The molecule has 4 heteroatoms. The van der Waals surface area contributed by atoms with Crippen molar-refractivity contribution < 1.29 is 9.53 Å². The van der Waals surface area contributed by atoms with Gasteiger partial charge in [0, 0.05) is 25.1 Å². The first-order chi connectivity index (χ1) is 8.18. The Bertz CT molecular complexity index is 258. The summed E-state index contributed by atoms with van der Waals surface area (Å²) in [6, 6.07) is 0. The first-order valence-electron chi connectivity index (χ1n) is 6.85. The average Bonchev–Trinajstić information content (AvgIpc) is 2.33. The Kier molecular flexibility index (Phi) is 4.40. The van der Waals surface area contributed by atoms with Gasteiger partial charge in [-0.05, 0) is 44.9 Å². The molecule has 1 aliphatic heterocycles. The van der Waals surface area contributed by atoms with Crippen LogP contribution in [0.1, 0.15) is 51.4 Å². The molecule has 2 rings (SSSR count). The van der Waals surface area contributed by atoms with Crippen LogP contribution in [0.4, 0.5) is 0 Å². The van der Waals surface area contributed by atoms with Gasteiger partial charge in [-0.2, -0.15) is 0 Å². The maximum Gasteiger partial charge on any atom is 0.220 e. The monoisotopic (exact) mass is 240 g/mol. The van der Waals surface area contributed by atoms with Crippen molar-refractivity contribution in [2.45, 2.75) is 63.0 Å². The van der Waals surface area contributed by atoms with E-state index in [1.165, 1.54) is 19.3 Å².